The monoisotopic (exact) mass is 423 g/mol. The van der Waals surface area contributed by atoms with Crippen molar-refractivity contribution in [3.8, 4) is 22.6 Å². The van der Waals surface area contributed by atoms with Gasteiger partial charge in [0.15, 0.2) is 0 Å². The van der Waals surface area contributed by atoms with E-state index in [2.05, 4.69) is 5.32 Å². The average molecular weight is 424 g/mol. The Hall–Kier alpha value is -3.25. The fourth-order valence-electron chi connectivity index (χ4n) is 3.36. The average Bonchev–Trinajstić information content (AvgIpc) is 3.17. The lowest BCUT2D eigenvalue weighted by Crippen LogP contribution is -2.25. The van der Waals surface area contributed by atoms with Gasteiger partial charge in [0.25, 0.3) is 0 Å². The first-order valence-electron chi connectivity index (χ1n) is 10.4. The molecule has 164 valence electrons. The Morgan fingerprint density at radius 1 is 1.10 bits per heavy atom. The molecule has 3 rings (SSSR count). The van der Waals surface area contributed by atoms with Gasteiger partial charge in [-0.25, -0.2) is 0 Å². The zero-order valence-corrected chi connectivity index (χ0v) is 18.5. The van der Waals surface area contributed by atoms with E-state index in [0.29, 0.717) is 32.1 Å². The van der Waals surface area contributed by atoms with Gasteiger partial charge in [0.2, 0.25) is 5.91 Å². The second-order valence-electron chi connectivity index (χ2n) is 7.00. The van der Waals surface area contributed by atoms with Crippen LogP contribution in [0.1, 0.15) is 26.3 Å². The molecule has 1 heterocycles. The first kappa shape index (κ1) is 22.4. The number of ether oxygens (including phenoxy) is 3. The summed E-state index contributed by atoms with van der Waals surface area (Å²) in [7, 11) is 1.60. The van der Waals surface area contributed by atoms with E-state index < -0.39 is 0 Å². The molecule has 6 nitrogen and oxygen atoms in total. The summed E-state index contributed by atoms with van der Waals surface area (Å²) < 4.78 is 22.2. The van der Waals surface area contributed by atoms with Crippen LogP contribution in [-0.2, 0) is 9.53 Å². The highest BCUT2D eigenvalue weighted by Gasteiger charge is 2.15. The third-order valence-electron chi connectivity index (χ3n) is 4.83. The number of furan rings is 1. The number of methoxy groups -OCH3 is 1. The number of nitrogens with one attached hydrogen (secondary N) is 1. The number of allylic oxidation sites excluding steroid dienone is 1. The molecule has 0 aliphatic heterocycles. The molecular formula is C25H29NO5. The van der Waals surface area contributed by atoms with Crippen molar-refractivity contribution in [2.45, 2.75) is 20.8 Å². The fraction of sp³-hybridized carbons (Fsp3) is 0.320. The predicted molar refractivity (Wildman–Crippen MR) is 123 cm³/mol. The van der Waals surface area contributed by atoms with Crippen LogP contribution < -0.4 is 14.8 Å². The van der Waals surface area contributed by atoms with Crippen LogP contribution in [0.3, 0.4) is 0 Å². The van der Waals surface area contributed by atoms with Crippen LogP contribution in [0.4, 0.5) is 0 Å². The maximum Gasteiger partial charge on any atom is 0.244 e. The summed E-state index contributed by atoms with van der Waals surface area (Å²) in [6.07, 6.45) is 3.33. The Morgan fingerprint density at radius 2 is 1.84 bits per heavy atom. The van der Waals surface area contributed by atoms with Crippen LogP contribution in [0.25, 0.3) is 27.7 Å². The van der Waals surface area contributed by atoms with Crippen molar-refractivity contribution in [2.75, 3.05) is 33.5 Å². The van der Waals surface area contributed by atoms with E-state index in [0.717, 1.165) is 39.0 Å². The van der Waals surface area contributed by atoms with Gasteiger partial charge in [-0.15, -0.1) is 0 Å². The molecule has 0 saturated heterocycles. The molecular weight excluding hydrogens is 394 g/mol. The molecule has 0 atom stereocenters. The lowest BCUT2D eigenvalue weighted by atomic mass is 9.99. The van der Waals surface area contributed by atoms with Crippen LogP contribution >= 0.6 is 0 Å². The maximum absolute atomic E-state index is 12.2. The minimum absolute atomic E-state index is 0.170. The van der Waals surface area contributed by atoms with Crippen molar-refractivity contribution in [3.63, 3.8) is 0 Å². The Morgan fingerprint density at radius 3 is 2.52 bits per heavy atom. The van der Waals surface area contributed by atoms with Crippen LogP contribution in [0, 0.1) is 0 Å². The van der Waals surface area contributed by atoms with Crippen molar-refractivity contribution in [1.82, 2.24) is 5.32 Å². The highest BCUT2D eigenvalue weighted by molar-refractivity contribution is 6.00. The molecule has 0 saturated carbocycles. The maximum atomic E-state index is 12.2. The molecule has 0 radical (unpaired) electrons. The standard InChI is InChI=1S/C25H29NO5/c1-5-29-19-9-7-18(8-10-19)22-16-31-24-15-23(30-6-2)20(14-21(22)24)17(3)13-25(27)26-11-12-28-4/h7-10,13-16H,5-6,11-12H2,1-4H3,(H,26,27)/b17-13+. The summed E-state index contributed by atoms with van der Waals surface area (Å²) in [5, 5.41) is 3.76. The van der Waals surface area contributed by atoms with E-state index in [-0.39, 0.29) is 5.91 Å². The summed E-state index contributed by atoms with van der Waals surface area (Å²) in [5.41, 5.74) is 4.38. The first-order valence-corrected chi connectivity index (χ1v) is 10.4. The summed E-state index contributed by atoms with van der Waals surface area (Å²) in [6, 6.07) is 11.8. The Kier molecular flexibility index (Phi) is 7.73. The van der Waals surface area contributed by atoms with Crippen LogP contribution in [0.5, 0.6) is 11.5 Å². The number of amides is 1. The van der Waals surface area contributed by atoms with Gasteiger partial charge >= 0.3 is 0 Å². The zero-order chi connectivity index (χ0) is 22.2. The van der Waals surface area contributed by atoms with E-state index in [1.807, 2.05) is 57.2 Å². The molecule has 0 aliphatic rings. The van der Waals surface area contributed by atoms with Crippen molar-refractivity contribution in [1.29, 1.82) is 0 Å². The third-order valence-corrected chi connectivity index (χ3v) is 4.83. The second kappa shape index (κ2) is 10.7. The van der Waals surface area contributed by atoms with Gasteiger partial charge in [-0.3, -0.25) is 4.79 Å². The largest absolute Gasteiger partial charge is 0.494 e. The van der Waals surface area contributed by atoms with Gasteiger partial charge in [-0.05, 0) is 50.1 Å². The number of rotatable bonds is 10. The number of hydrogen-bond acceptors (Lipinski definition) is 5. The van der Waals surface area contributed by atoms with E-state index in [1.54, 1.807) is 19.4 Å². The molecule has 1 amide bonds. The summed E-state index contributed by atoms with van der Waals surface area (Å²) >= 11 is 0. The smallest absolute Gasteiger partial charge is 0.244 e. The van der Waals surface area contributed by atoms with E-state index in [4.69, 9.17) is 18.6 Å². The minimum Gasteiger partial charge on any atom is -0.494 e. The SMILES string of the molecule is CCOc1ccc(-c2coc3cc(OCC)c(/C(C)=C/C(=O)NCCOC)cc23)cc1. The number of fused-ring (bicyclic) bond motifs is 1. The molecule has 1 aromatic heterocycles. The number of hydrogen-bond donors (Lipinski definition) is 1. The first-order chi connectivity index (χ1) is 15.1. The molecule has 0 bridgehead atoms. The zero-order valence-electron chi connectivity index (χ0n) is 18.5. The van der Waals surface area contributed by atoms with Gasteiger partial charge in [-0.2, -0.15) is 0 Å². The molecule has 31 heavy (non-hydrogen) atoms. The minimum atomic E-state index is -0.170. The van der Waals surface area contributed by atoms with Crippen molar-refractivity contribution in [3.05, 3.63) is 54.3 Å². The van der Waals surface area contributed by atoms with Gasteiger partial charge < -0.3 is 23.9 Å². The van der Waals surface area contributed by atoms with Gasteiger partial charge in [0, 0.05) is 42.3 Å². The van der Waals surface area contributed by atoms with Crippen molar-refractivity contribution >= 4 is 22.4 Å². The van der Waals surface area contributed by atoms with E-state index >= 15 is 0 Å². The van der Waals surface area contributed by atoms with Crippen molar-refractivity contribution < 1.29 is 23.4 Å². The molecule has 6 heteroatoms. The normalized spacial score (nSPS) is 11.5. The summed E-state index contributed by atoms with van der Waals surface area (Å²) in [6.45, 7) is 7.85. The topological polar surface area (TPSA) is 69.9 Å². The molecule has 2 aromatic carbocycles. The van der Waals surface area contributed by atoms with E-state index in [9.17, 15) is 4.79 Å². The Bertz CT molecular complexity index is 1050. The second-order valence-corrected chi connectivity index (χ2v) is 7.00. The van der Waals surface area contributed by atoms with E-state index in [1.165, 1.54) is 0 Å². The third kappa shape index (κ3) is 5.47. The van der Waals surface area contributed by atoms with Crippen LogP contribution in [-0.4, -0.2) is 39.4 Å². The quantitative estimate of drug-likeness (QED) is 0.364. The van der Waals surface area contributed by atoms with Gasteiger partial charge in [-0.1, -0.05) is 12.1 Å². The molecule has 0 fully saturated rings. The summed E-state index contributed by atoms with van der Waals surface area (Å²) in [4.78, 5) is 12.2. The Balaban J connectivity index is 1.99. The number of benzene rings is 2. The molecule has 3 aromatic rings. The number of carbonyl (C=O) groups is 1. The molecule has 1 N–H and O–H groups in total. The number of carbonyl (C=O) groups excluding carboxylic acids is 1. The van der Waals surface area contributed by atoms with Crippen LogP contribution in [0.15, 0.2) is 53.2 Å². The fourth-order valence-corrected chi connectivity index (χ4v) is 3.36. The molecule has 0 spiro atoms. The molecule has 0 unspecified atom stereocenters. The summed E-state index contributed by atoms with van der Waals surface area (Å²) in [5.74, 6) is 1.34. The van der Waals surface area contributed by atoms with Gasteiger partial charge in [0.05, 0.1) is 26.1 Å². The highest BCUT2D eigenvalue weighted by Crippen LogP contribution is 2.37. The lowest BCUT2D eigenvalue weighted by molar-refractivity contribution is -0.116. The van der Waals surface area contributed by atoms with Crippen molar-refractivity contribution in [2.24, 2.45) is 0 Å². The van der Waals surface area contributed by atoms with Gasteiger partial charge in [0.1, 0.15) is 17.1 Å². The highest BCUT2D eigenvalue weighted by atomic mass is 16.5. The predicted octanol–water partition coefficient (Wildman–Crippen LogP) is 5.06. The lowest BCUT2D eigenvalue weighted by Gasteiger charge is -2.12. The molecule has 0 aliphatic carbocycles. The van der Waals surface area contributed by atoms with Crippen LogP contribution in [0.2, 0.25) is 0 Å². The Labute approximate surface area is 182 Å².